The third-order valence-electron chi connectivity index (χ3n) is 5.44. The molecule has 3 aromatic rings. The van der Waals surface area contributed by atoms with Crippen LogP contribution in [0.1, 0.15) is 43.9 Å². The number of nitrogens with zero attached hydrogens (tertiary/aromatic N) is 2. The van der Waals surface area contributed by atoms with Gasteiger partial charge in [-0.05, 0) is 42.3 Å². The molecule has 0 aliphatic rings. The molecule has 0 unspecified atom stereocenters. The number of carbonyl (C=O) groups is 2. The van der Waals surface area contributed by atoms with Gasteiger partial charge in [-0.2, -0.15) is 4.31 Å². The van der Waals surface area contributed by atoms with Gasteiger partial charge < -0.3 is 15.1 Å². The van der Waals surface area contributed by atoms with E-state index < -0.39 is 27.9 Å². The molecule has 0 aliphatic carbocycles. The molecule has 10 heteroatoms. The van der Waals surface area contributed by atoms with Crippen molar-refractivity contribution in [2.24, 2.45) is 5.92 Å². The molecule has 0 bridgehead atoms. The van der Waals surface area contributed by atoms with Gasteiger partial charge >= 0.3 is 0 Å². The Balaban J connectivity index is 1.78. The van der Waals surface area contributed by atoms with Crippen molar-refractivity contribution in [2.75, 3.05) is 18.4 Å². The van der Waals surface area contributed by atoms with Crippen molar-refractivity contribution in [3.05, 3.63) is 53.9 Å². The van der Waals surface area contributed by atoms with Gasteiger partial charge in [-0.3, -0.25) is 9.59 Å². The van der Waals surface area contributed by atoms with Crippen LogP contribution in [0.15, 0.2) is 51.8 Å². The van der Waals surface area contributed by atoms with Gasteiger partial charge in [0.05, 0.1) is 4.90 Å². The van der Waals surface area contributed by atoms with Crippen molar-refractivity contribution in [2.45, 2.75) is 45.6 Å². The Labute approximate surface area is 199 Å². The first-order valence-corrected chi connectivity index (χ1v) is 12.6. The summed E-state index contributed by atoms with van der Waals surface area (Å²) in [7, 11) is -3.71. The van der Waals surface area contributed by atoms with Crippen LogP contribution >= 0.6 is 0 Å². The van der Waals surface area contributed by atoms with Gasteiger partial charge in [-0.1, -0.05) is 33.8 Å². The lowest BCUT2D eigenvalue weighted by molar-refractivity contribution is -0.118. The number of oxazole rings is 1. The molecule has 9 nitrogen and oxygen atoms in total. The van der Waals surface area contributed by atoms with E-state index in [9.17, 15) is 18.0 Å². The number of sulfonamides is 1. The number of hydrogen-bond acceptors (Lipinski definition) is 6. The average Bonchev–Trinajstić information content (AvgIpc) is 3.17. The number of benzene rings is 2. The number of fused-ring (bicyclic) bond motifs is 1. The summed E-state index contributed by atoms with van der Waals surface area (Å²) >= 11 is 0. The standard InChI is InChI=1S/C24H30N4O5S/c1-6-28(7-2)34(31,32)19-10-8-9-17(13-19)23(29)27-22(15(3)4)24(30)26-18-11-12-21-20(14-18)25-16(5)33-21/h8-15,22H,6-7H2,1-5H3,(H,26,30)(H,27,29)/t22-/m0/s1. The fraction of sp³-hybridized carbons (Fsp3) is 0.375. The van der Waals surface area contributed by atoms with Crippen LogP contribution in [0.3, 0.4) is 0 Å². The highest BCUT2D eigenvalue weighted by molar-refractivity contribution is 7.89. The quantitative estimate of drug-likeness (QED) is 0.477. The molecular formula is C24H30N4O5S. The fourth-order valence-corrected chi connectivity index (χ4v) is 5.11. The SMILES string of the molecule is CCN(CC)S(=O)(=O)c1cccc(C(=O)N[C@H](C(=O)Nc2ccc3oc(C)nc3c2)C(C)C)c1. The Morgan fingerprint density at radius 2 is 1.79 bits per heavy atom. The molecule has 0 saturated heterocycles. The molecule has 2 N–H and O–H groups in total. The number of aromatic nitrogens is 1. The Kier molecular flexibility index (Phi) is 7.73. The molecular weight excluding hydrogens is 456 g/mol. The summed E-state index contributed by atoms with van der Waals surface area (Å²) in [5.74, 6) is -0.622. The van der Waals surface area contributed by atoms with E-state index in [0.717, 1.165) is 0 Å². The van der Waals surface area contributed by atoms with Crippen LogP contribution in [-0.4, -0.2) is 48.7 Å². The molecule has 34 heavy (non-hydrogen) atoms. The van der Waals surface area contributed by atoms with E-state index in [-0.39, 0.29) is 16.4 Å². The zero-order valence-corrected chi connectivity index (χ0v) is 20.8. The normalized spacial score (nSPS) is 12.8. The first kappa shape index (κ1) is 25.4. The third-order valence-corrected chi connectivity index (χ3v) is 7.48. The summed E-state index contributed by atoms with van der Waals surface area (Å²) < 4.78 is 32.4. The molecule has 1 aromatic heterocycles. The van der Waals surface area contributed by atoms with Crippen molar-refractivity contribution in [1.29, 1.82) is 0 Å². The molecule has 0 spiro atoms. The molecule has 3 rings (SSSR count). The highest BCUT2D eigenvalue weighted by Gasteiger charge is 2.27. The molecule has 2 amide bonds. The Hall–Kier alpha value is -3.24. The van der Waals surface area contributed by atoms with Gasteiger partial charge in [-0.15, -0.1) is 0 Å². The first-order valence-electron chi connectivity index (χ1n) is 11.2. The van der Waals surface area contributed by atoms with E-state index in [0.29, 0.717) is 35.8 Å². The maximum absolute atomic E-state index is 13.0. The summed E-state index contributed by atoms with van der Waals surface area (Å²) in [6.07, 6.45) is 0. The van der Waals surface area contributed by atoms with Crippen LogP contribution in [0.4, 0.5) is 5.69 Å². The van der Waals surface area contributed by atoms with Crippen molar-refractivity contribution < 1.29 is 22.4 Å². The first-order chi connectivity index (χ1) is 16.1. The van der Waals surface area contributed by atoms with Crippen molar-refractivity contribution in [3.8, 4) is 0 Å². The molecule has 0 radical (unpaired) electrons. The van der Waals surface area contributed by atoms with E-state index >= 15 is 0 Å². The predicted molar refractivity (Wildman–Crippen MR) is 130 cm³/mol. The van der Waals surface area contributed by atoms with Gasteiger partial charge in [-0.25, -0.2) is 13.4 Å². The highest BCUT2D eigenvalue weighted by Crippen LogP contribution is 2.21. The molecule has 1 heterocycles. The Bertz CT molecular complexity index is 1300. The minimum atomic E-state index is -3.71. The van der Waals surface area contributed by atoms with Crippen LogP contribution < -0.4 is 10.6 Å². The van der Waals surface area contributed by atoms with Gasteiger partial charge in [0.1, 0.15) is 11.6 Å². The van der Waals surface area contributed by atoms with Gasteiger partial charge in [0, 0.05) is 31.3 Å². The minimum absolute atomic E-state index is 0.0330. The summed E-state index contributed by atoms with van der Waals surface area (Å²) in [6, 6.07) is 10.1. The second-order valence-electron chi connectivity index (χ2n) is 8.22. The van der Waals surface area contributed by atoms with Crippen LogP contribution in [0.2, 0.25) is 0 Å². The smallest absolute Gasteiger partial charge is 0.251 e. The van der Waals surface area contributed by atoms with Crippen molar-refractivity contribution >= 4 is 38.6 Å². The number of hydrogen-bond donors (Lipinski definition) is 2. The summed E-state index contributed by atoms with van der Waals surface area (Å²) in [5, 5.41) is 5.55. The number of aryl methyl sites for hydroxylation is 1. The highest BCUT2D eigenvalue weighted by atomic mass is 32.2. The number of nitrogens with one attached hydrogen (secondary N) is 2. The lowest BCUT2D eigenvalue weighted by Crippen LogP contribution is -2.47. The van der Waals surface area contributed by atoms with Crippen molar-refractivity contribution in [1.82, 2.24) is 14.6 Å². The topological polar surface area (TPSA) is 122 Å². The Morgan fingerprint density at radius 1 is 1.09 bits per heavy atom. The molecule has 182 valence electrons. The maximum Gasteiger partial charge on any atom is 0.251 e. The molecule has 0 fully saturated rings. The number of amides is 2. The van der Waals surface area contributed by atoms with E-state index in [1.807, 2.05) is 13.8 Å². The van der Waals surface area contributed by atoms with Crippen LogP contribution in [-0.2, 0) is 14.8 Å². The summed E-state index contributed by atoms with van der Waals surface area (Å²) in [4.78, 5) is 30.2. The van der Waals surface area contributed by atoms with Gasteiger partial charge in [0.2, 0.25) is 15.9 Å². The second kappa shape index (κ2) is 10.4. The molecule has 1 atom stereocenters. The minimum Gasteiger partial charge on any atom is -0.441 e. The lowest BCUT2D eigenvalue weighted by Gasteiger charge is -2.22. The van der Waals surface area contributed by atoms with E-state index in [2.05, 4.69) is 15.6 Å². The van der Waals surface area contributed by atoms with Crippen LogP contribution in [0.25, 0.3) is 11.1 Å². The van der Waals surface area contributed by atoms with E-state index in [4.69, 9.17) is 4.42 Å². The van der Waals surface area contributed by atoms with E-state index in [1.165, 1.54) is 28.6 Å². The number of carbonyl (C=O) groups excluding carboxylic acids is 2. The second-order valence-corrected chi connectivity index (χ2v) is 10.2. The third kappa shape index (κ3) is 5.45. The predicted octanol–water partition coefficient (Wildman–Crippen LogP) is 3.56. The van der Waals surface area contributed by atoms with Gasteiger partial charge in [0.15, 0.2) is 11.5 Å². The van der Waals surface area contributed by atoms with E-state index in [1.54, 1.807) is 39.0 Å². The van der Waals surface area contributed by atoms with Gasteiger partial charge in [0.25, 0.3) is 5.91 Å². The molecule has 0 saturated carbocycles. The van der Waals surface area contributed by atoms with Crippen molar-refractivity contribution in [3.63, 3.8) is 0 Å². The zero-order chi connectivity index (χ0) is 25.0. The largest absolute Gasteiger partial charge is 0.441 e. The zero-order valence-electron chi connectivity index (χ0n) is 20.0. The number of rotatable bonds is 9. The molecule has 2 aromatic carbocycles. The monoisotopic (exact) mass is 486 g/mol. The maximum atomic E-state index is 13.0. The number of anilines is 1. The summed E-state index contributed by atoms with van der Waals surface area (Å²) in [5.41, 5.74) is 1.92. The average molecular weight is 487 g/mol. The fourth-order valence-electron chi connectivity index (χ4n) is 3.61. The Morgan fingerprint density at radius 3 is 2.44 bits per heavy atom. The molecule has 0 aliphatic heterocycles. The van der Waals surface area contributed by atoms with Crippen LogP contribution in [0, 0.1) is 12.8 Å². The lowest BCUT2D eigenvalue weighted by atomic mass is 10.0. The van der Waals surface area contributed by atoms with Crippen LogP contribution in [0.5, 0.6) is 0 Å². The summed E-state index contributed by atoms with van der Waals surface area (Å²) in [6.45, 7) is 9.53.